The first-order valence-corrected chi connectivity index (χ1v) is 8.47. The molecule has 3 rings (SSSR count). The summed E-state index contributed by atoms with van der Waals surface area (Å²) in [6, 6.07) is 7.61. The number of hydrogen-bond acceptors (Lipinski definition) is 1. The molecule has 0 amide bonds. The predicted molar refractivity (Wildman–Crippen MR) is 86.2 cm³/mol. The van der Waals surface area contributed by atoms with Gasteiger partial charge in [-0.2, -0.15) is 0 Å². The zero-order valence-corrected chi connectivity index (χ0v) is 13.2. The van der Waals surface area contributed by atoms with E-state index in [-0.39, 0.29) is 0 Å². The summed E-state index contributed by atoms with van der Waals surface area (Å²) < 4.78 is 0. The van der Waals surface area contributed by atoms with Crippen molar-refractivity contribution in [3.8, 4) is 0 Å². The summed E-state index contributed by atoms with van der Waals surface area (Å²) in [5, 5.41) is 3.83. The van der Waals surface area contributed by atoms with E-state index in [9.17, 15) is 0 Å². The second kappa shape index (κ2) is 5.89. The summed E-state index contributed by atoms with van der Waals surface area (Å²) >= 11 is 0. The lowest BCUT2D eigenvalue weighted by molar-refractivity contribution is 0.179. The Hall–Kier alpha value is -0.820. The van der Waals surface area contributed by atoms with E-state index in [0.29, 0.717) is 5.41 Å². The van der Waals surface area contributed by atoms with Crippen LogP contribution < -0.4 is 5.32 Å². The molecule has 0 atom stereocenters. The third-order valence-corrected chi connectivity index (χ3v) is 5.45. The van der Waals surface area contributed by atoms with Gasteiger partial charge in [0.1, 0.15) is 0 Å². The standard InChI is InChI=1S/C19H29N/c1-15-7-6-8-16(2)18(15)13-19(11-4-3-5-12-19)14-20-17-9-10-17/h6-8,17,20H,3-5,9-14H2,1-2H3. The fourth-order valence-corrected chi connectivity index (χ4v) is 3.87. The van der Waals surface area contributed by atoms with Crippen molar-refractivity contribution in [3.63, 3.8) is 0 Å². The lowest BCUT2D eigenvalue weighted by Gasteiger charge is -2.39. The molecule has 0 aromatic heterocycles. The molecule has 0 spiro atoms. The van der Waals surface area contributed by atoms with E-state index in [1.807, 2.05) is 0 Å². The summed E-state index contributed by atoms with van der Waals surface area (Å²) in [5.41, 5.74) is 5.12. The maximum Gasteiger partial charge on any atom is 0.00684 e. The molecule has 0 unspecified atom stereocenters. The lowest BCUT2D eigenvalue weighted by Crippen LogP contribution is -2.39. The Bertz CT molecular complexity index is 433. The highest BCUT2D eigenvalue weighted by Gasteiger charge is 2.34. The third kappa shape index (κ3) is 3.25. The highest BCUT2D eigenvalue weighted by Crippen LogP contribution is 2.40. The quantitative estimate of drug-likeness (QED) is 0.828. The van der Waals surface area contributed by atoms with Crippen molar-refractivity contribution < 1.29 is 0 Å². The molecule has 0 radical (unpaired) electrons. The minimum absolute atomic E-state index is 0.526. The number of nitrogens with one attached hydrogen (secondary N) is 1. The maximum atomic E-state index is 3.83. The van der Waals surface area contributed by atoms with Gasteiger partial charge in [0.25, 0.3) is 0 Å². The Labute approximate surface area is 124 Å². The molecule has 0 heterocycles. The van der Waals surface area contributed by atoms with Crippen LogP contribution >= 0.6 is 0 Å². The Balaban J connectivity index is 1.77. The minimum atomic E-state index is 0.526. The van der Waals surface area contributed by atoms with Crippen LogP contribution in [0.15, 0.2) is 18.2 Å². The van der Waals surface area contributed by atoms with Gasteiger partial charge in [-0.15, -0.1) is 0 Å². The van der Waals surface area contributed by atoms with E-state index in [1.54, 1.807) is 5.56 Å². The number of aryl methyl sites for hydroxylation is 2. The van der Waals surface area contributed by atoms with E-state index in [1.165, 1.54) is 69.0 Å². The van der Waals surface area contributed by atoms with Crippen LogP contribution in [0, 0.1) is 19.3 Å². The summed E-state index contributed by atoms with van der Waals surface area (Å²) in [7, 11) is 0. The van der Waals surface area contributed by atoms with Crippen LogP contribution in [0.25, 0.3) is 0 Å². The van der Waals surface area contributed by atoms with Gasteiger partial charge in [-0.05, 0) is 68.1 Å². The van der Waals surface area contributed by atoms with Gasteiger partial charge in [-0.3, -0.25) is 0 Å². The van der Waals surface area contributed by atoms with E-state index >= 15 is 0 Å². The molecular formula is C19H29N. The molecule has 1 aromatic rings. The molecule has 2 fully saturated rings. The van der Waals surface area contributed by atoms with Crippen LogP contribution in [-0.2, 0) is 6.42 Å². The van der Waals surface area contributed by atoms with Gasteiger partial charge in [-0.25, -0.2) is 0 Å². The molecule has 0 aliphatic heterocycles. The molecule has 20 heavy (non-hydrogen) atoms. The molecule has 0 saturated heterocycles. The average molecular weight is 271 g/mol. The number of benzene rings is 1. The van der Waals surface area contributed by atoms with Crippen molar-refractivity contribution in [2.24, 2.45) is 5.41 Å². The van der Waals surface area contributed by atoms with Gasteiger partial charge < -0.3 is 5.32 Å². The van der Waals surface area contributed by atoms with Crippen molar-refractivity contribution in [3.05, 3.63) is 34.9 Å². The predicted octanol–water partition coefficient (Wildman–Crippen LogP) is 4.55. The molecule has 2 aliphatic rings. The van der Waals surface area contributed by atoms with Crippen molar-refractivity contribution in [1.29, 1.82) is 0 Å². The lowest BCUT2D eigenvalue weighted by atomic mass is 9.69. The Morgan fingerprint density at radius 3 is 2.30 bits per heavy atom. The number of rotatable bonds is 5. The first-order chi connectivity index (χ1) is 9.69. The molecule has 2 aliphatic carbocycles. The van der Waals surface area contributed by atoms with Crippen molar-refractivity contribution in [1.82, 2.24) is 5.32 Å². The van der Waals surface area contributed by atoms with Crippen molar-refractivity contribution >= 4 is 0 Å². The molecule has 0 bridgehead atoms. The summed E-state index contributed by atoms with van der Waals surface area (Å²) in [5.74, 6) is 0. The zero-order chi connectivity index (χ0) is 14.0. The van der Waals surface area contributed by atoms with Crippen LogP contribution in [-0.4, -0.2) is 12.6 Å². The SMILES string of the molecule is Cc1cccc(C)c1CC1(CNC2CC2)CCCCC1. The highest BCUT2D eigenvalue weighted by atomic mass is 15.0. The molecule has 1 N–H and O–H groups in total. The molecule has 110 valence electrons. The molecule has 1 heteroatoms. The van der Waals surface area contributed by atoms with Gasteiger partial charge in [0.2, 0.25) is 0 Å². The van der Waals surface area contributed by atoms with E-state index < -0.39 is 0 Å². The summed E-state index contributed by atoms with van der Waals surface area (Å²) in [4.78, 5) is 0. The first kappa shape index (κ1) is 14.1. The average Bonchev–Trinajstić information content (AvgIpc) is 3.27. The van der Waals surface area contributed by atoms with Crippen LogP contribution in [0.5, 0.6) is 0 Å². The fraction of sp³-hybridized carbons (Fsp3) is 0.684. The topological polar surface area (TPSA) is 12.0 Å². The normalized spacial score (nSPS) is 21.9. The van der Waals surface area contributed by atoms with Crippen molar-refractivity contribution in [2.45, 2.75) is 71.3 Å². The fourth-order valence-electron chi connectivity index (χ4n) is 3.87. The maximum absolute atomic E-state index is 3.83. The molecule has 1 nitrogen and oxygen atoms in total. The van der Waals surface area contributed by atoms with Crippen LogP contribution in [0.4, 0.5) is 0 Å². The van der Waals surface area contributed by atoms with Crippen LogP contribution in [0.2, 0.25) is 0 Å². The van der Waals surface area contributed by atoms with Gasteiger partial charge in [0.05, 0.1) is 0 Å². The van der Waals surface area contributed by atoms with Crippen LogP contribution in [0.3, 0.4) is 0 Å². The zero-order valence-electron chi connectivity index (χ0n) is 13.2. The largest absolute Gasteiger partial charge is 0.313 e. The van der Waals surface area contributed by atoms with Gasteiger partial charge >= 0.3 is 0 Å². The van der Waals surface area contributed by atoms with Crippen LogP contribution in [0.1, 0.15) is 61.6 Å². The number of hydrogen-bond donors (Lipinski definition) is 1. The second-order valence-electron chi connectivity index (χ2n) is 7.26. The Kier molecular flexibility index (Phi) is 4.16. The Morgan fingerprint density at radius 1 is 1.05 bits per heavy atom. The summed E-state index contributed by atoms with van der Waals surface area (Å²) in [6.45, 7) is 5.81. The third-order valence-electron chi connectivity index (χ3n) is 5.45. The van der Waals surface area contributed by atoms with Crippen molar-refractivity contribution in [2.75, 3.05) is 6.54 Å². The van der Waals surface area contributed by atoms with E-state index in [0.717, 1.165) is 6.04 Å². The summed E-state index contributed by atoms with van der Waals surface area (Å²) in [6.07, 6.45) is 11.2. The first-order valence-electron chi connectivity index (χ1n) is 8.47. The minimum Gasteiger partial charge on any atom is -0.313 e. The van der Waals surface area contributed by atoms with Gasteiger partial charge in [0, 0.05) is 12.6 Å². The molecular weight excluding hydrogens is 242 g/mol. The smallest absolute Gasteiger partial charge is 0.00684 e. The monoisotopic (exact) mass is 271 g/mol. The highest BCUT2D eigenvalue weighted by molar-refractivity contribution is 5.34. The van der Waals surface area contributed by atoms with Gasteiger partial charge in [-0.1, -0.05) is 37.5 Å². The molecule has 2 saturated carbocycles. The Morgan fingerprint density at radius 2 is 1.70 bits per heavy atom. The second-order valence-corrected chi connectivity index (χ2v) is 7.26. The van der Waals surface area contributed by atoms with Gasteiger partial charge in [0.15, 0.2) is 0 Å². The molecule has 1 aromatic carbocycles. The van der Waals surface area contributed by atoms with E-state index in [2.05, 4.69) is 37.4 Å². The van der Waals surface area contributed by atoms with E-state index in [4.69, 9.17) is 0 Å².